The van der Waals surface area contributed by atoms with Gasteiger partial charge in [-0.3, -0.25) is 9.20 Å². The number of hydrogen-bond acceptors (Lipinski definition) is 5. The second kappa shape index (κ2) is 6.45. The SMILES string of the molecule is CC(Sc1nnc2sc3ccccc3n12)C(=O)Nc1cccc(F)c1. The van der Waals surface area contributed by atoms with Crippen LogP contribution in [0.5, 0.6) is 0 Å². The summed E-state index contributed by atoms with van der Waals surface area (Å²) in [5.41, 5.74) is 1.46. The topological polar surface area (TPSA) is 59.3 Å². The van der Waals surface area contributed by atoms with Crippen molar-refractivity contribution in [1.29, 1.82) is 0 Å². The van der Waals surface area contributed by atoms with Gasteiger partial charge in [-0.1, -0.05) is 41.3 Å². The number of thioether (sulfide) groups is 1. The van der Waals surface area contributed by atoms with Gasteiger partial charge < -0.3 is 5.32 Å². The molecule has 0 saturated carbocycles. The van der Waals surface area contributed by atoms with Gasteiger partial charge >= 0.3 is 0 Å². The summed E-state index contributed by atoms with van der Waals surface area (Å²) < 4.78 is 16.3. The second-order valence-electron chi connectivity index (χ2n) is 5.43. The van der Waals surface area contributed by atoms with Crippen LogP contribution >= 0.6 is 23.1 Å². The molecule has 0 aliphatic rings. The van der Waals surface area contributed by atoms with E-state index in [1.165, 1.54) is 23.9 Å². The van der Waals surface area contributed by atoms with Gasteiger partial charge in [0.25, 0.3) is 0 Å². The van der Waals surface area contributed by atoms with Gasteiger partial charge in [0.2, 0.25) is 10.9 Å². The molecular weight excluding hydrogens is 359 g/mol. The first-order valence-corrected chi connectivity index (χ1v) is 9.27. The molecule has 0 radical (unpaired) electrons. The first-order chi connectivity index (χ1) is 12.1. The van der Waals surface area contributed by atoms with Crippen LogP contribution in [-0.2, 0) is 4.79 Å². The molecule has 2 aromatic heterocycles. The monoisotopic (exact) mass is 372 g/mol. The largest absolute Gasteiger partial charge is 0.325 e. The number of carbonyl (C=O) groups excluding carboxylic acids is 1. The molecule has 126 valence electrons. The van der Waals surface area contributed by atoms with Gasteiger partial charge in [-0.2, -0.15) is 0 Å². The first-order valence-electron chi connectivity index (χ1n) is 7.57. The van der Waals surface area contributed by atoms with Crippen molar-refractivity contribution in [2.24, 2.45) is 0 Å². The quantitative estimate of drug-likeness (QED) is 0.546. The predicted molar refractivity (Wildman–Crippen MR) is 98.7 cm³/mol. The van der Waals surface area contributed by atoms with Crippen molar-refractivity contribution in [3.05, 3.63) is 54.3 Å². The molecule has 8 heteroatoms. The Morgan fingerprint density at radius 2 is 2.08 bits per heavy atom. The smallest absolute Gasteiger partial charge is 0.237 e. The number of hydrogen-bond donors (Lipinski definition) is 1. The van der Waals surface area contributed by atoms with E-state index in [4.69, 9.17) is 0 Å². The Labute approximate surface area is 150 Å². The number of nitrogens with one attached hydrogen (secondary N) is 1. The lowest BCUT2D eigenvalue weighted by atomic mass is 10.3. The van der Waals surface area contributed by atoms with E-state index in [0.29, 0.717) is 10.8 Å². The van der Waals surface area contributed by atoms with Crippen molar-refractivity contribution in [2.75, 3.05) is 5.32 Å². The molecule has 0 aliphatic carbocycles. The van der Waals surface area contributed by atoms with Gasteiger partial charge in [-0.15, -0.1) is 10.2 Å². The van der Waals surface area contributed by atoms with Gasteiger partial charge in [-0.25, -0.2) is 4.39 Å². The highest BCUT2D eigenvalue weighted by molar-refractivity contribution is 8.00. The van der Waals surface area contributed by atoms with Crippen LogP contribution in [0.2, 0.25) is 0 Å². The summed E-state index contributed by atoms with van der Waals surface area (Å²) in [6.45, 7) is 1.79. The Bertz CT molecular complexity index is 1070. The predicted octanol–water partition coefficient (Wildman–Crippen LogP) is 4.20. The van der Waals surface area contributed by atoms with Crippen molar-refractivity contribution in [3.8, 4) is 0 Å². The molecule has 0 fully saturated rings. The van der Waals surface area contributed by atoms with E-state index in [-0.39, 0.29) is 11.7 Å². The minimum atomic E-state index is -0.408. The zero-order chi connectivity index (χ0) is 17.4. The lowest BCUT2D eigenvalue weighted by molar-refractivity contribution is -0.115. The van der Waals surface area contributed by atoms with Gasteiger partial charge in [-0.05, 0) is 37.3 Å². The maximum Gasteiger partial charge on any atom is 0.237 e. The number of benzene rings is 2. The zero-order valence-corrected chi connectivity index (χ0v) is 14.8. The Morgan fingerprint density at radius 1 is 1.24 bits per heavy atom. The van der Waals surface area contributed by atoms with Crippen LogP contribution in [0.15, 0.2) is 53.7 Å². The molecule has 0 saturated heterocycles. The Morgan fingerprint density at radius 3 is 2.92 bits per heavy atom. The second-order valence-corrected chi connectivity index (χ2v) is 7.75. The normalized spacial score (nSPS) is 12.6. The van der Waals surface area contributed by atoms with E-state index >= 15 is 0 Å². The fourth-order valence-electron chi connectivity index (χ4n) is 2.45. The maximum atomic E-state index is 13.2. The van der Waals surface area contributed by atoms with E-state index in [0.717, 1.165) is 15.2 Å². The number of amides is 1. The number of fused-ring (bicyclic) bond motifs is 3. The number of anilines is 1. The molecular formula is C17H13FN4OS2. The van der Waals surface area contributed by atoms with Crippen LogP contribution in [0.1, 0.15) is 6.92 Å². The van der Waals surface area contributed by atoms with E-state index < -0.39 is 5.25 Å². The molecule has 25 heavy (non-hydrogen) atoms. The van der Waals surface area contributed by atoms with Crippen LogP contribution in [0.4, 0.5) is 10.1 Å². The van der Waals surface area contributed by atoms with Crippen LogP contribution < -0.4 is 5.32 Å². The first kappa shape index (κ1) is 16.0. The molecule has 0 spiro atoms. The standard InChI is InChI=1S/C17H13FN4OS2/c1-10(15(23)19-12-6-4-5-11(18)9-12)24-16-20-21-17-22(16)13-7-2-3-8-14(13)25-17/h2-10H,1H3,(H,19,23). The van der Waals surface area contributed by atoms with Crippen LogP contribution in [0.3, 0.4) is 0 Å². The summed E-state index contributed by atoms with van der Waals surface area (Å²) >= 11 is 2.88. The van der Waals surface area contributed by atoms with E-state index in [2.05, 4.69) is 15.5 Å². The summed E-state index contributed by atoms with van der Waals surface area (Å²) in [7, 11) is 0. The van der Waals surface area contributed by atoms with Crippen LogP contribution in [0, 0.1) is 5.82 Å². The van der Waals surface area contributed by atoms with Gasteiger partial charge in [0.1, 0.15) is 5.82 Å². The molecule has 1 N–H and O–H groups in total. The highest BCUT2D eigenvalue weighted by Crippen LogP contribution is 2.31. The summed E-state index contributed by atoms with van der Waals surface area (Å²) in [6, 6.07) is 13.8. The number of nitrogens with zero attached hydrogens (tertiary/aromatic N) is 3. The van der Waals surface area contributed by atoms with Crippen molar-refractivity contribution in [2.45, 2.75) is 17.3 Å². The molecule has 2 heterocycles. The fourth-order valence-corrected chi connectivity index (χ4v) is 4.34. The van der Waals surface area contributed by atoms with Crippen molar-refractivity contribution in [1.82, 2.24) is 14.6 Å². The third-order valence-electron chi connectivity index (χ3n) is 3.65. The van der Waals surface area contributed by atoms with Gasteiger partial charge in [0.05, 0.1) is 15.5 Å². The number of aromatic nitrogens is 3. The Hall–Kier alpha value is -2.45. The minimum absolute atomic E-state index is 0.216. The highest BCUT2D eigenvalue weighted by Gasteiger charge is 2.20. The molecule has 2 aromatic carbocycles. The highest BCUT2D eigenvalue weighted by atomic mass is 32.2. The Kier molecular flexibility index (Phi) is 4.14. The number of carbonyl (C=O) groups is 1. The van der Waals surface area contributed by atoms with E-state index in [9.17, 15) is 9.18 Å². The average Bonchev–Trinajstić information content (AvgIpc) is 3.14. The summed E-state index contributed by atoms with van der Waals surface area (Å²) in [5.74, 6) is -0.603. The molecule has 0 bridgehead atoms. The van der Waals surface area contributed by atoms with Crippen LogP contribution in [0.25, 0.3) is 15.2 Å². The maximum absolute atomic E-state index is 13.2. The third-order valence-corrected chi connectivity index (χ3v) is 5.71. The number of halogens is 1. The molecule has 1 amide bonds. The fraction of sp³-hybridized carbons (Fsp3) is 0.118. The minimum Gasteiger partial charge on any atom is -0.325 e. The van der Waals surface area contributed by atoms with E-state index in [1.807, 2.05) is 28.7 Å². The number of rotatable bonds is 4. The van der Waals surface area contributed by atoms with Crippen molar-refractivity contribution >= 4 is 49.9 Å². The Balaban J connectivity index is 1.57. The van der Waals surface area contributed by atoms with E-state index in [1.54, 1.807) is 30.4 Å². The van der Waals surface area contributed by atoms with Crippen LogP contribution in [-0.4, -0.2) is 25.8 Å². The number of thiazole rings is 1. The molecule has 4 aromatic rings. The van der Waals surface area contributed by atoms with Gasteiger partial charge in [0, 0.05) is 5.69 Å². The zero-order valence-electron chi connectivity index (χ0n) is 13.1. The van der Waals surface area contributed by atoms with Gasteiger partial charge in [0.15, 0.2) is 5.16 Å². The summed E-state index contributed by atoms with van der Waals surface area (Å²) in [6.07, 6.45) is 0. The lowest BCUT2D eigenvalue weighted by Gasteiger charge is -2.11. The molecule has 5 nitrogen and oxygen atoms in total. The van der Waals surface area contributed by atoms with Crippen molar-refractivity contribution in [3.63, 3.8) is 0 Å². The summed E-state index contributed by atoms with van der Waals surface area (Å²) in [4.78, 5) is 13.2. The molecule has 1 unspecified atom stereocenters. The molecule has 1 atom stereocenters. The molecule has 4 rings (SSSR count). The third kappa shape index (κ3) is 3.10. The van der Waals surface area contributed by atoms with Crippen molar-refractivity contribution < 1.29 is 9.18 Å². The molecule has 0 aliphatic heterocycles. The summed E-state index contributed by atoms with van der Waals surface area (Å²) in [5, 5.41) is 11.4. The average molecular weight is 372 g/mol. The number of para-hydroxylation sites is 1. The lowest BCUT2D eigenvalue weighted by Crippen LogP contribution is -2.22.